The van der Waals surface area contributed by atoms with Crippen molar-refractivity contribution in [2.75, 3.05) is 31.2 Å². The van der Waals surface area contributed by atoms with E-state index in [0.717, 1.165) is 6.42 Å². The van der Waals surface area contributed by atoms with Crippen LogP contribution in [0.1, 0.15) is 23.7 Å². The van der Waals surface area contributed by atoms with Crippen molar-refractivity contribution in [2.45, 2.75) is 13.3 Å². The molecule has 0 fully saturated rings. The molecule has 19 heavy (non-hydrogen) atoms. The van der Waals surface area contributed by atoms with E-state index in [-0.39, 0.29) is 18.4 Å². The van der Waals surface area contributed by atoms with Gasteiger partial charge in [-0.3, -0.25) is 9.59 Å². The van der Waals surface area contributed by atoms with Gasteiger partial charge in [-0.25, -0.2) is 0 Å². The van der Waals surface area contributed by atoms with Crippen molar-refractivity contribution in [3.63, 3.8) is 0 Å². The van der Waals surface area contributed by atoms with Gasteiger partial charge < -0.3 is 15.0 Å². The Kier molecular flexibility index (Phi) is 4.52. The first kappa shape index (κ1) is 13.5. The van der Waals surface area contributed by atoms with E-state index in [2.05, 4.69) is 5.32 Å². The number of rotatable bonds is 5. The molecule has 1 aliphatic rings. The van der Waals surface area contributed by atoms with Crippen LogP contribution in [0.5, 0.6) is 0 Å². The van der Waals surface area contributed by atoms with Crippen LogP contribution in [0, 0.1) is 0 Å². The number of carbonyl (C=O) groups is 2. The summed E-state index contributed by atoms with van der Waals surface area (Å²) in [4.78, 5) is 25.6. The number of nitrogens with zero attached hydrogens (tertiary/aromatic N) is 1. The van der Waals surface area contributed by atoms with E-state index in [9.17, 15) is 9.59 Å². The zero-order valence-corrected chi connectivity index (χ0v) is 11.0. The van der Waals surface area contributed by atoms with Gasteiger partial charge in [-0.2, -0.15) is 0 Å². The molecule has 2 rings (SSSR count). The molecule has 5 heteroatoms. The van der Waals surface area contributed by atoms with Gasteiger partial charge in [0.1, 0.15) is 0 Å². The fourth-order valence-electron chi connectivity index (χ4n) is 2.10. The number of para-hydroxylation sites is 1. The number of hydrogen-bond donors (Lipinski definition) is 1. The minimum Gasteiger partial charge on any atom is -0.382 e. The number of hydrogen-bond acceptors (Lipinski definition) is 3. The molecule has 0 bridgehead atoms. The molecule has 0 radical (unpaired) electrons. The third-order valence-corrected chi connectivity index (χ3v) is 3.02. The first-order valence-corrected chi connectivity index (χ1v) is 6.49. The summed E-state index contributed by atoms with van der Waals surface area (Å²) < 4.78 is 5.28. The maximum absolute atomic E-state index is 12.1. The Hall–Kier alpha value is -1.88. The molecule has 2 amide bonds. The van der Waals surface area contributed by atoms with Crippen molar-refractivity contribution in [2.24, 2.45) is 0 Å². The number of amides is 2. The number of fused-ring (bicyclic) bond motifs is 1. The molecule has 5 nitrogen and oxygen atoms in total. The summed E-state index contributed by atoms with van der Waals surface area (Å²) in [7, 11) is 0. The Morgan fingerprint density at radius 1 is 1.32 bits per heavy atom. The minimum atomic E-state index is -0.198. The van der Waals surface area contributed by atoms with Crippen LogP contribution in [0.15, 0.2) is 24.3 Å². The quantitative estimate of drug-likeness (QED) is 0.811. The van der Waals surface area contributed by atoms with Crippen LogP contribution in [0.2, 0.25) is 0 Å². The van der Waals surface area contributed by atoms with Gasteiger partial charge in [0.25, 0.3) is 5.91 Å². The summed E-state index contributed by atoms with van der Waals surface area (Å²) in [6.45, 7) is 3.83. The number of ether oxygens (including phenoxy) is 1. The molecule has 1 heterocycles. The van der Waals surface area contributed by atoms with Gasteiger partial charge in [0, 0.05) is 19.8 Å². The highest BCUT2D eigenvalue weighted by Crippen LogP contribution is 2.22. The maximum Gasteiger partial charge on any atom is 0.253 e. The van der Waals surface area contributed by atoms with Crippen LogP contribution in [0.3, 0.4) is 0 Å². The van der Waals surface area contributed by atoms with Crippen LogP contribution >= 0.6 is 0 Å². The zero-order chi connectivity index (χ0) is 13.7. The lowest BCUT2D eigenvalue weighted by atomic mass is 10.1. The lowest BCUT2D eigenvalue weighted by Gasteiger charge is -2.21. The van der Waals surface area contributed by atoms with Crippen LogP contribution in [-0.2, 0) is 9.53 Å². The van der Waals surface area contributed by atoms with Gasteiger partial charge in [-0.15, -0.1) is 0 Å². The van der Waals surface area contributed by atoms with Crippen molar-refractivity contribution in [1.29, 1.82) is 0 Å². The van der Waals surface area contributed by atoms with Crippen molar-refractivity contribution in [3.8, 4) is 0 Å². The second-order valence-electron chi connectivity index (χ2n) is 4.30. The number of carbonyl (C=O) groups excluding carboxylic acids is 2. The molecule has 1 aromatic carbocycles. The van der Waals surface area contributed by atoms with Crippen molar-refractivity contribution in [1.82, 2.24) is 5.32 Å². The van der Waals surface area contributed by atoms with Gasteiger partial charge in [0.15, 0.2) is 0 Å². The maximum atomic E-state index is 12.1. The van der Waals surface area contributed by atoms with Gasteiger partial charge >= 0.3 is 0 Å². The summed E-state index contributed by atoms with van der Waals surface area (Å²) in [5, 5.41) is 2.62. The summed E-state index contributed by atoms with van der Waals surface area (Å²) in [6.07, 6.45) is 0.752. The van der Waals surface area contributed by atoms with Crippen LogP contribution < -0.4 is 10.2 Å². The highest BCUT2D eigenvalue weighted by atomic mass is 16.5. The van der Waals surface area contributed by atoms with E-state index >= 15 is 0 Å². The smallest absolute Gasteiger partial charge is 0.253 e. The molecule has 102 valence electrons. The predicted octanol–water partition coefficient (Wildman–Crippen LogP) is 1.19. The molecule has 1 aromatic rings. The Balaban J connectivity index is 2.17. The summed E-state index contributed by atoms with van der Waals surface area (Å²) in [5.41, 5.74) is 1.23. The predicted molar refractivity (Wildman–Crippen MR) is 72.2 cm³/mol. The summed E-state index contributed by atoms with van der Waals surface area (Å²) in [6, 6.07) is 7.17. The summed E-state index contributed by atoms with van der Waals surface area (Å²) in [5.74, 6) is -0.286. The highest BCUT2D eigenvalue weighted by Gasteiger charge is 2.25. The van der Waals surface area contributed by atoms with Crippen LogP contribution in [-0.4, -0.2) is 38.1 Å². The number of nitrogens with one attached hydrogen (secondary N) is 1. The molecule has 0 aliphatic carbocycles. The molecule has 1 aliphatic heterocycles. The average Bonchev–Trinajstić information content (AvgIpc) is 2.55. The fraction of sp³-hybridized carbons (Fsp3) is 0.429. The van der Waals surface area contributed by atoms with E-state index < -0.39 is 0 Å². The van der Waals surface area contributed by atoms with E-state index in [0.29, 0.717) is 31.0 Å². The molecule has 0 saturated carbocycles. The Labute approximate surface area is 112 Å². The zero-order valence-electron chi connectivity index (χ0n) is 11.0. The van der Waals surface area contributed by atoms with E-state index in [1.54, 1.807) is 23.1 Å². The number of benzene rings is 1. The van der Waals surface area contributed by atoms with E-state index in [1.165, 1.54) is 0 Å². The van der Waals surface area contributed by atoms with Gasteiger partial charge in [0.2, 0.25) is 5.91 Å². The van der Waals surface area contributed by atoms with E-state index in [4.69, 9.17) is 4.74 Å². The third-order valence-electron chi connectivity index (χ3n) is 3.02. The normalized spacial score (nSPS) is 14.9. The second kappa shape index (κ2) is 6.33. The van der Waals surface area contributed by atoms with Gasteiger partial charge in [-0.1, -0.05) is 12.1 Å². The fourth-order valence-corrected chi connectivity index (χ4v) is 2.10. The lowest BCUT2D eigenvalue weighted by Crippen LogP contribution is -2.37. The Morgan fingerprint density at radius 3 is 2.89 bits per heavy atom. The molecular weight excluding hydrogens is 244 g/mol. The monoisotopic (exact) mass is 262 g/mol. The second-order valence-corrected chi connectivity index (χ2v) is 4.30. The van der Waals surface area contributed by atoms with Crippen molar-refractivity contribution in [3.05, 3.63) is 29.8 Å². The molecule has 0 spiro atoms. The first-order chi connectivity index (χ1) is 9.24. The Morgan fingerprint density at radius 2 is 2.11 bits per heavy atom. The third kappa shape index (κ3) is 3.12. The standard InChI is InChI=1S/C14H18N2O3/c1-2-19-9-5-8-16-12-7-4-3-6-11(12)14(18)15-10-13(16)17/h3-4,6-7H,2,5,8-10H2,1H3,(H,15,18). The molecule has 0 saturated heterocycles. The largest absolute Gasteiger partial charge is 0.382 e. The molecule has 0 atom stereocenters. The lowest BCUT2D eigenvalue weighted by molar-refractivity contribution is -0.117. The van der Waals surface area contributed by atoms with Gasteiger partial charge in [-0.05, 0) is 25.5 Å². The Bertz CT molecular complexity index is 474. The summed E-state index contributed by atoms with van der Waals surface area (Å²) >= 11 is 0. The average molecular weight is 262 g/mol. The minimum absolute atomic E-state index is 0.0438. The first-order valence-electron chi connectivity index (χ1n) is 6.49. The van der Waals surface area contributed by atoms with Crippen molar-refractivity contribution < 1.29 is 14.3 Å². The number of anilines is 1. The molecule has 0 aromatic heterocycles. The van der Waals surface area contributed by atoms with Crippen LogP contribution in [0.25, 0.3) is 0 Å². The molecule has 0 unspecified atom stereocenters. The molecular formula is C14H18N2O3. The van der Waals surface area contributed by atoms with Crippen LogP contribution in [0.4, 0.5) is 5.69 Å². The highest BCUT2D eigenvalue weighted by molar-refractivity contribution is 6.09. The molecule has 1 N–H and O–H groups in total. The SMILES string of the molecule is CCOCCCN1C(=O)CNC(=O)c2ccccc21. The van der Waals surface area contributed by atoms with E-state index in [1.807, 2.05) is 13.0 Å². The van der Waals surface area contributed by atoms with Crippen molar-refractivity contribution >= 4 is 17.5 Å². The topological polar surface area (TPSA) is 58.6 Å². The van der Waals surface area contributed by atoms with Gasteiger partial charge in [0.05, 0.1) is 17.8 Å².